The Labute approximate surface area is 237 Å². The van der Waals surface area contributed by atoms with Gasteiger partial charge in [-0.1, -0.05) is 41.4 Å². The quantitative estimate of drug-likeness (QED) is 0.188. The molecule has 1 N–H and O–H groups in total. The average Bonchev–Trinajstić information content (AvgIpc) is 2.84. The predicted octanol–water partition coefficient (Wildman–Crippen LogP) is 6.47. The number of hydrogen-bond donors (Lipinski definition) is 1. The first kappa shape index (κ1) is 27.0. The Balaban J connectivity index is 1.66. The minimum absolute atomic E-state index is 0.177. The molecular formula is C27H21Cl2IN2O5. The maximum Gasteiger partial charge on any atom is 0.335 e. The van der Waals surface area contributed by atoms with Gasteiger partial charge in [0.15, 0.2) is 11.5 Å². The van der Waals surface area contributed by atoms with E-state index in [1.165, 1.54) is 13.2 Å². The van der Waals surface area contributed by atoms with Crippen LogP contribution in [-0.2, 0) is 16.2 Å². The summed E-state index contributed by atoms with van der Waals surface area (Å²) in [5.41, 5.74) is 3.17. The summed E-state index contributed by atoms with van der Waals surface area (Å²) in [6.45, 7) is 3.87. The number of hydrogen-bond acceptors (Lipinski definition) is 5. The first-order valence-electron chi connectivity index (χ1n) is 11.0. The molecule has 37 heavy (non-hydrogen) atoms. The van der Waals surface area contributed by atoms with Crippen LogP contribution < -0.4 is 19.7 Å². The number of urea groups is 1. The number of imide groups is 2. The number of carbonyl (C=O) groups is 3. The number of anilines is 1. The zero-order valence-corrected chi connectivity index (χ0v) is 23.7. The predicted molar refractivity (Wildman–Crippen MR) is 151 cm³/mol. The summed E-state index contributed by atoms with van der Waals surface area (Å²) >= 11 is 14.3. The first-order valence-corrected chi connectivity index (χ1v) is 12.9. The van der Waals surface area contributed by atoms with Crippen molar-refractivity contribution >= 4 is 75.4 Å². The Bertz CT molecular complexity index is 1470. The molecule has 0 atom stereocenters. The SMILES string of the molecule is COc1cc(/C=C2\C(=O)NC(=O)N(c3cccc(C)c3C)C2=O)cc(I)c1OCc1ccc(Cl)cc1Cl. The minimum Gasteiger partial charge on any atom is -0.493 e. The highest BCUT2D eigenvalue weighted by Crippen LogP contribution is 2.36. The fourth-order valence-corrected chi connectivity index (χ4v) is 5.02. The van der Waals surface area contributed by atoms with E-state index in [9.17, 15) is 14.4 Å². The molecular weight excluding hydrogens is 630 g/mol. The molecule has 0 saturated carbocycles. The highest BCUT2D eigenvalue weighted by Gasteiger charge is 2.37. The summed E-state index contributed by atoms with van der Waals surface area (Å²) in [7, 11) is 1.49. The number of nitrogens with one attached hydrogen (secondary N) is 1. The average molecular weight is 651 g/mol. The summed E-state index contributed by atoms with van der Waals surface area (Å²) in [5, 5.41) is 3.26. The molecule has 1 aliphatic rings. The van der Waals surface area contributed by atoms with Crippen molar-refractivity contribution in [1.29, 1.82) is 0 Å². The lowest BCUT2D eigenvalue weighted by atomic mass is 10.0. The summed E-state index contributed by atoms with van der Waals surface area (Å²) in [5.74, 6) is -0.616. The summed E-state index contributed by atoms with van der Waals surface area (Å²) in [6, 6.07) is 13.0. The van der Waals surface area contributed by atoms with E-state index in [1.807, 2.05) is 19.9 Å². The standard InChI is InChI=1S/C27H21Cl2IN2O5/c1-14-5-4-6-22(15(14)2)32-26(34)19(25(33)31-27(32)35)9-16-10-21(30)24(23(11-16)36-3)37-13-17-7-8-18(28)12-20(17)29/h4-12H,13H2,1-3H3,(H,31,33,35)/b19-9+. The van der Waals surface area contributed by atoms with Crippen molar-refractivity contribution in [3.05, 3.63) is 90.0 Å². The third-order valence-electron chi connectivity index (χ3n) is 5.87. The van der Waals surface area contributed by atoms with Gasteiger partial charge < -0.3 is 9.47 Å². The molecule has 1 heterocycles. The topological polar surface area (TPSA) is 84.9 Å². The van der Waals surface area contributed by atoms with Gasteiger partial charge in [-0.3, -0.25) is 14.9 Å². The maximum atomic E-state index is 13.3. The summed E-state index contributed by atoms with van der Waals surface area (Å²) in [6.07, 6.45) is 1.42. The number of nitrogens with zero attached hydrogens (tertiary/aromatic N) is 1. The second kappa shape index (κ2) is 11.1. The van der Waals surface area contributed by atoms with Crippen LogP contribution in [0.2, 0.25) is 10.0 Å². The second-order valence-corrected chi connectivity index (χ2v) is 10.2. The molecule has 0 unspecified atom stereocenters. The van der Waals surface area contributed by atoms with Crippen molar-refractivity contribution in [2.75, 3.05) is 12.0 Å². The molecule has 3 aromatic carbocycles. The van der Waals surface area contributed by atoms with Gasteiger partial charge in [-0.2, -0.15) is 0 Å². The van der Waals surface area contributed by atoms with Crippen molar-refractivity contribution in [2.24, 2.45) is 0 Å². The summed E-state index contributed by atoms with van der Waals surface area (Å²) < 4.78 is 12.2. The molecule has 0 spiro atoms. The fourth-order valence-electron chi connectivity index (χ4n) is 3.77. The van der Waals surface area contributed by atoms with Crippen LogP contribution in [0, 0.1) is 17.4 Å². The molecule has 1 saturated heterocycles. The van der Waals surface area contributed by atoms with Crippen LogP contribution in [0.15, 0.2) is 54.1 Å². The lowest BCUT2D eigenvalue weighted by molar-refractivity contribution is -0.122. The number of barbiturate groups is 1. The Morgan fingerprint density at radius 2 is 1.81 bits per heavy atom. The van der Waals surface area contributed by atoms with Crippen LogP contribution in [0.4, 0.5) is 10.5 Å². The largest absolute Gasteiger partial charge is 0.493 e. The van der Waals surface area contributed by atoms with Gasteiger partial charge in [0.2, 0.25) is 0 Å². The number of ether oxygens (including phenoxy) is 2. The molecule has 0 aromatic heterocycles. The number of carbonyl (C=O) groups excluding carboxylic acids is 3. The smallest absolute Gasteiger partial charge is 0.335 e. The molecule has 0 bridgehead atoms. The highest BCUT2D eigenvalue weighted by molar-refractivity contribution is 14.1. The number of halogens is 3. The fraction of sp³-hybridized carbons (Fsp3) is 0.148. The second-order valence-electron chi connectivity index (χ2n) is 8.24. The normalized spacial score (nSPS) is 14.7. The number of aryl methyl sites for hydroxylation is 1. The Morgan fingerprint density at radius 1 is 1.05 bits per heavy atom. The van der Waals surface area contributed by atoms with Gasteiger partial charge in [0.1, 0.15) is 12.2 Å². The van der Waals surface area contributed by atoms with Crippen LogP contribution in [0.1, 0.15) is 22.3 Å². The number of methoxy groups -OCH3 is 1. The van der Waals surface area contributed by atoms with Crippen molar-refractivity contribution in [3.63, 3.8) is 0 Å². The number of amides is 4. The Kier molecular flexibility index (Phi) is 8.11. The zero-order chi connectivity index (χ0) is 26.9. The molecule has 4 amide bonds. The molecule has 1 fully saturated rings. The van der Waals surface area contributed by atoms with Gasteiger partial charge in [0.25, 0.3) is 11.8 Å². The molecule has 0 aliphatic carbocycles. The van der Waals surface area contributed by atoms with Crippen LogP contribution >= 0.6 is 45.8 Å². The van der Waals surface area contributed by atoms with Crippen LogP contribution in [0.25, 0.3) is 6.08 Å². The third-order valence-corrected chi connectivity index (χ3v) is 7.26. The van der Waals surface area contributed by atoms with E-state index in [2.05, 4.69) is 27.9 Å². The third kappa shape index (κ3) is 5.61. The molecule has 1 aliphatic heterocycles. The lowest BCUT2D eigenvalue weighted by Gasteiger charge is -2.28. The van der Waals surface area contributed by atoms with Crippen LogP contribution in [0.5, 0.6) is 11.5 Å². The molecule has 10 heteroatoms. The summed E-state index contributed by atoms with van der Waals surface area (Å²) in [4.78, 5) is 39.6. The van der Waals surface area contributed by atoms with Crippen molar-refractivity contribution in [3.8, 4) is 11.5 Å². The highest BCUT2D eigenvalue weighted by atomic mass is 127. The molecule has 4 rings (SSSR count). The molecule has 3 aromatic rings. The molecule has 0 radical (unpaired) electrons. The van der Waals surface area contributed by atoms with E-state index < -0.39 is 17.8 Å². The van der Waals surface area contributed by atoms with Gasteiger partial charge >= 0.3 is 6.03 Å². The first-order chi connectivity index (χ1) is 17.6. The van der Waals surface area contributed by atoms with Gasteiger partial charge in [-0.05, 0) is 89.5 Å². The van der Waals surface area contributed by atoms with E-state index >= 15 is 0 Å². The van der Waals surface area contributed by atoms with E-state index in [1.54, 1.807) is 42.5 Å². The van der Waals surface area contributed by atoms with Gasteiger partial charge in [-0.25, -0.2) is 9.69 Å². The van der Waals surface area contributed by atoms with Crippen molar-refractivity contribution in [2.45, 2.75) is 20.5 Å². The number of rotatable bonds is 6. The number of benzene rings is 3. The van der Waals surface area contributed by atoms with E-state index in [0.717, 1.165) is 21.6 Å². The Hall–Kier alpha value is -3.08. The zero-order valence-electron chi connectivity index (χ0n) is 20.0. The van der Waals surface area contributed by atoms with Crippen molar-refractivity contribution in [1.82, 2.24) is 5.32 Å². The molecule has 190 valence electrons. The van der Waals surface area contributed by atoms with Crippen molar-refractivity contribution < 1.29 is 23.9 Å². The monoisotopic (exact) mass is 650 g/mol. The maximum absolute atomic E-state index is 13.3. The van der Waals surface area contributed by atoms with Gasteiger partial charge in [0, 0.05) is 15.6 Å². The van der Waals surface area contributed by atoms with E-state index in [4.69, 9.17) is 32.7 Å². The van der Waals surface area contributed by atoms with E-state index in [0.29, 0.717) is 36.4 Å². The van der Waals surface area contributed by atoms with Crippen LogP contribution in [0.3, 0.4) is 0 Å². The minimum atomic E-state index is -0.794. The van der Waals surface area contributed by atoms with Gasteiger partial charge in [-0.15, -0.1) is 0 Å². The molecule has 7 nitrogen and oxygen atoms in total. The van der Waals surface area contributed by atoms with E-state index in [-0.39, 0.29) is 12.2 Å². The Morgan fingerprint density at radius 3 is 2.51 bits per heavy atom. The van der Waals surface area contributed by atoms with Gasteiger partial charge in [0.05, 0.1) is 16.4 Å². The van der Waals surface area contributed by atoms with Crippen LogP contribution in [-0.4, -0.2) is 25.0 Å². The lowest BCUT2D eigenvalue weighted by Crippen LogP contribution is -2.54.